The van der Waals surface area contributed by atoms with E-state index in [0.717, 1.165) is 37.2 Å². The number of rotatable bonds is 19. The molecule has 0 aliphatic carbocycles. The zero-order valence-corrected chi connectivity index (χ0v) is 24.0. The van der Waals surface area contributed by atoms with Gasteiger partial charge >= 0.3 is 0 Å². The molecule has 1 aliphatic heterocycles. The minimum absolute atomic E-state index is 0.0542. The summed E-state index contributed by atoms with van der Waals surface area (Å²) in [6.45, 7) is 9.68. The number of ether oxygens (including phenoxy) is 1. The van der Waals surface area contributed by atoms with Gasteiger partial charge in [0, 0.05) is 56.0 Å². The van der Waals surface area contributed by atoms with E-state index in [2.05, 4.69) is 5.32 Å². The Morgan fingerprint density at radius 2 is 1.71 bits per heavy atom. The third-order valence-corrected chi connectivity index (χ3v) is 8.44. The van der Waals surface area contributed by atoms with Gasteiger partial charge in [0.1, 0.15) is 5.78 Å². The van der Waals surface area contributed by atoms with Crippen LogP contribution in [0.5, 0.6) is 0 Å². The Labute approximate surface area is 218 Å². The van der Waals surface area contributed by atoms with Gasteiger partial charge in [0.15, 0.2) is 0 Å². The minimum Gasteiger partial charge on any atom is -0.377 e. The Bertz CT molecular complexity index is 607. The van der Waals surface area contributed by atoms with Crippen LogP contribution in [0.25, 0.3) is 0 Å². The van der Waals surface area contributed by atoms with E-state index in [-0.39, 0.29) is 41.8 Å². The van der Waals surface area contributed by atoms with Gasteiger partial charge in [0.2, 0.25) is 11.8 Å². The average molecular weight is 537 g/mol. The third-order valence-electron chi connectivity index (χ3n) is 5.48. The molecule has 7 nitrogen and oxygen atoms in total. The summed E-state index contributed by atoms with van der Waals surface area (Å²) < 4.78 is 11.4. The Hall–Kier alpha value is -0.420. The molecule has 1 aliphatic rings. The van der Waals surface area contributed by atoms with Crippen LogP contribution >= 0.6 is 33.6 Å². The van der Waals surface area contributed by atoms with Crippen molar-refractivity contribution < 1.29 is 23.3 Å². The maximum atomic E-state index is 12.8. The second kappa shape index (κ2) is 18.8. The maximum absolute atomic E-state index is 12.8. The largest absolute Gasteiger partial charge is 0.377 e. The molecule has 1 fully saturated rings. The Morgan fingerprint density at radius 1 is 1.00 bits per heavy atom. The highest BCUT2D eigenvalue weighted by Crippen LogP contribution is 2.26. The maximum Gasteiger partial charge on any atom is 0.223 e. The van der Waals surface area contributed by atoms with Crippen molar-refractivity contribution in [1.29, 1.82) is 0 Å². The smallest absolute Gasteiger partial charge is 0.223 e. The first kappa shape index (κ1) is 31.6. The van der Waals surface area contributed by atoms with E-state index >= 15 is 0 Å². The van der Waals surface area contributed by atoms with Crippen LogP contribution in [0.3, 0.4) is 0 Å². The lowest BCUT2D eigenvalue weighted by molar-refractivity contribution is -0.133. The highest BCUT2D eigenvalue weighted by atomic mass is 33.1. The van der Waals surface area contributed by atoms with Crippen molar-refractivity contribution in [2.45, 2.75) is 90.9 Å². The number of nitrogens with one attached hydrogen (secondary N) is 1. The summed E-state index contributed by atoms with van der Waals surface area (Å²) in [7, 11) is 3.47. The predicted octanol–water partition coefficient (Wildman–Crippen LogP) is 4.74. The first-order chi connectivity index (χ1) is 16.2. The number of hydrogen-bond donors (Lipinski definition) is 1. The number of hydrogen-bond acceptors (Lipinski definition) is 8. The van der Waals surface area contributed by atoms with Crippen LogP contribution < -0.4 is 5.32 Å². The molecule has 0 aromatic carbocycles. The van der Waals surface area contributed by atoms with Crippen LogP contribution in [0.2, 0.25) is 0 Å². The zero-order valence-electron chi connectivity index (χ0n) is 21.5. The monoisotopic (exact) mass is 536 g/mol. The Balaban J connectivity index is 2.09. The standard InChI is InChI=1S/C24H44N2O5S3/c1-18(2)22(27)9-6-7-10-23(28)25-12-14-34-33-13-8-11-24(29)26-16-21(31-32-5)15-20(26)17-30-19(3)4/h18-21H,6-17H2,1-5H3,(H,25,28)/t20-,21+/m0/s1. The van der Waals surface area contributed by atoms with Gasteiger partial charge in [0.05, 0.1) is 24.9 Å². The number of nitrogens with zero attached hydrogens (tertiary/aromatic N) is 1. The molecule has 0 aromatic rings. The highest BCUT2D eigenvalue weighted by Gasteiger charge is 2.35. The molecule has 0 radical (unpaired) electrons. The number of ketones is 1. The van der Waals surface area contributed by atoms with Crippen molar-refractivity contribution in [3.8, 4) is 0 Å². The third kappa shape index (κ3) is 14.2. The molecule has 1 N–H and O–H groups in total. The van der Waals surface area contributed by atoms with Gasteiger partial charge in [-0.15, -0.1) is 0 Å². The fourth-order valence-electron chi connectivity index (χ4n) is 3.58. The Kier molecular flexibility index (Phi) is 17.5. The van der Waals surface area contributed by atoms with Gasteiger partial charge in [-0.3, -0.25) is 14.4 Å². The van der Waals surface area contributed by atoms with Gasteiger partial charge in [0.25, 0.3) is 0 Å². The van der Waals surface area contributed by atoms with Crippen LogP contribution in [0.15, 0.2) is 0 Å². The molecule has 34 heavy (non-hydrogen) atoms. The first-order valence-corrected chi connectivity index (χ1v) is 16.0. The molecule has 2 atom stereocenters. The molecule has 0 spiro atoms. The van der Waals surface area contributed by atoms with Crippen LogP contribution in [-0.4, -0.2) is 78.2 Å². The number of Topliss-reactive ketones (excluding diaryl/α,β-unsaturated/α-hetero) is 1. The second-order valence-electron chi connectivity index (χ2n) is 9.13. The van der Waals surface area contributed by atoms with Crippen LogP contribution in [0.4, 0.5) is 0 Å². The molecule has 198 valence electrons. The van der Waals surface area contributed by atoms with E-state index in [1.54, 1.807) is 21.6 Å². The van der Waals surface area contributed by atoms with Crippen molar-refractivity contribution in [1.82, 2.24) is 10.2 Å². The van der Waals surface area contributed by atoms with E-state index in [0.29, 0.717) is 39.0 Å². The highest BCUT2D eigenvalue weighted by molar-refractivity contribution is 8.76. The summed E-state index contributed by atoms with van der Waals surface area (Å²) in [4.78, 5) is 38.1. The lowest BCUT2D eigenvalue weighted by Gasteiger charge is -2.25. The molecule has 0 bridgehead atoms. The number of amides is 2. The summed E-state index contributed by atoms with van der Waals surface area (Å²) >= 11 is 1.35. The Morgan fingerprint density at radius 3 is 2.38 bits per heavy atom. The van der Waals surface area contributed by atoms with E-state index in [4.69, 9.17) is 8.92 Å². The van der Waals surface area contributed by atoms with Gasteiger partial charge in [-0.2, -0.15) is 0 Å². The van der Waals surface area contributed by atoms with E-state index in [9.17, 15) is 14.4 Å². The number of carbonyl (C=O) groups is 3. The van der Waals surface area contributed by atoms with Crippen LogP contribution in [-0.2, 0) is 23.3 Å². The second-order valence-corrected chi connectivity index (χ2v) is 12.4. The van der Waals surface area contributed by atoms with Crippen molar-refractivity contribution in [2.75, 3.05) is 37.5 Å². The molecular weight excluding hydrogens is 492 g/mol. The van der Waals surface area contributed by atoms with Crippen LogP contribution in [0.1, 0.15) is 72.6 Å². The van der Waals surface area contributed by atoms with Crippen molar-refractivity contribution >= 4 is 51.2 Å². The van der Waals surface area contributed by atoms with E-state index in [1.807, 2.05) is 38.9 Å². The number of carbonyl (C=O) groups excluding carboxylic acids is 3. The molecule has 1 heterocycles. The lowest BCUT2D eigenvalue weighted by atomic mass is 10.0. The fraction of sp³-hybridized carbons (Fsp3) is 0.875. The predicted molar refractivity (Wildman–Crippen MR) is 145 cm³/mol. The summed E-state index contributed by atoms with van der Waals surface area (Å²) in [6, 6.07) is 0.0911. The quantitative estimate of drug-likeness (QED) is 0.144. The number of unbranched alkanes of at least 4 members (excludes halogenated alkanes) is 1. The molecular formula is C24H44N2O5S3. The molecule has 0 aromatic heterocycles. The number of likely N-dealkylation sites (tertiary alicyclic amines) is 1. The summed E-state index contributed by atoms with van der Waals surface area (Å²) in [5.41, 5.74) is 0. The normalized spacial score (nSPS) is 18.1. The zero-order chi connectivity index (χ0) is 25.3. The first-order valence-electron chi connectivity index (χ1n) is 12.4. The van der Waals surface area contributed by atoms with Crippen molar-refractivity contribution in [3.63, 3.8) is 0 Å². The fourth-order valence-corrected chi connectivity index (χ4v) is 5.99. The molecule has 1 saturated heterocycles. The summed E-state index contributed by atoms with van der Waals surface area (Å²) in [5.74, 6) is 2.32. The van der Waals surface area contributed by atoms with E-state index in [1.165, 1.54) is 12.0 Å². The van der Waals surface area contributed by atoms with Crippen molar-refractivity contribution in [3.05, 3.63) is 0 Å². The average Bonchev–Trinajstić information content (AvgIpc) is 3.19. The molecule has 0 saturated carbocycles. The van der Waals surface area contributed by atoms with Gasteiger partial charge in [-0.25, -0.2) is 0 Å². The molecule has 10 heteroatoms. The van der Waals surface area contributed by atoms with Crippen molar-refractivity contribution in [2.24, 2.45) is 5.92 Å². The van der Waals surface area contributed by atoms with Gasteiger partial charge in [-0.05, 0) is 51.6 Å². The minimum atomic E-state index is 0.0542. The topological polar surface area (TPSA) is 84.9 Å². The summed E-state index contributed by atoms with van der Waals surface area (Å²) in [6.07, 6.45) is 6.90. The SMILES string of the molecule is CSO[C@@H]1C[C@@H](COC(C)C)N(C(=O)CCCSSCCNC(=O)CCCCC(=O)C(C)C)C1. The van der Waals surface area contributed by atoms with Crippen LogP contribution in [0, 0.1) is 5.92 Å². The van der Waals surface area contributed by atoms with Gasteiger partial charge < -0.3 is 19.1 Å². The lowest BCUT2D eigenvalue weighted by Crippen LogP contribution is -2.39. The summed E-state index contributed by atoms with van der Waals surface area (Å²) in [5, 5.41) is 2.93. The van der Waals surface area contributed by atoms with E-state index < -0.39 is 0 Å². The molecule has 1 rings (SSSR count). The molecule has 2 amide bonds. The molecule has 0 unspecified atom stereocenters. The van der Waals surface area contributed by atoms with Gasteiger partial charge in [-0.1, -0.05) is 35.4 Å².